The van der Waals surface area contributed by atoms with Crippen molar-refractivity contribution in [1.29, 1.82) is 0 Å². The van der Waals surface area contributed by atoms with Crippen molar-refractivity contribution in [2.45, 2.75) is 82.8 Å². The van der Waals surface area contributed by atoms with Gasteiger partial charge in [-0.2, -0.15) is 0 Å². The lowest BCUT2D eigenvalue weighted by molar-refractivity contribution is -0.127. The largest absolute Gasteiger partial charge is 0.417 e. The van der Waals surface area contributed by atoms with Gasteiger partial charge in [-0.1, -0.05) is 51.0 Å². The third-order valence-electron chi connectivity index (χ3n) is 7.47. The Balaban J connectivity index is 1.91. The van der Waals surface area contributed by atoms with Crippen LogP contribution in [0.1, 0.15) is 58.4 Å². The molecule has 0 N–H and O–H groups in total. The Morgan fingerprint density at radius 3 is 2.41 bits per heavy atom. The molecule has 1 aliphatic carbocycles. The summed E-state index contributed by atoms with van der Waals surface area (Å²) in [5.74, 6) is -0.141. The zero-order valence-corrected chi connectivity index (χ0v) is 22.3. The second-order valence-corrected chi connectivity index (χ2v) is 17.5. The van der Waals surface area contributed by atoms with Gasteiger partial charge in [-0.05, 0) is 62.9 Å². The second kappa shape index (κ2) is 9.43. The van der Waals surface area contributed by atoms with E-state index in [0.29, 0.717) is 31.7 Å². The first-order valence-electron chi connectivity index (χ1n) is 11.8. The van der Waals surface area contributed by atoms with Crippen LogP contribution in [0, 0.1) is 18.8 Å². The summed E-state index contributed by atoms with van der Waals surface area (Å²) in [5.41, 5.74) is 1.68. The fourth-order valence-corrected chi connectivity index (χ4v) is 6.99. The van der Waals surface area contributed by atoms with E-state index in [4.69, 9.17) is 4.43 Å². The molecule has 2 fully saturated rings. The van der Waals surface area contributed by atoms with Crippen molar-refractivity contribution in [3.63, 3.8) is 0 Å². The molecule has 178 valence electrons. The van der Waals surface area contributed by atoms with Crippen LogP contribution >= 0.6 is 0 Å². The molecule has 0 radical (unpaired) electrons. The number of carbonyl (C=O) groups is 1. The van der Waals surface area contributed by atoms with Crippen molar-refractivity contribution in [2.24, 2.45) is 11.8 Å². The van der Waals surface area contributed by atoms with E-state index in [-0.39, 0.29) is 27.6 Å². The van der Waals surface area contributed by atoms with E-state index >= 15 is 0 Å². The van der Waals surface area contributed by atoms with Crippen molar-refractivity contribution in [3.8, 4) is 0 Å². The van der Waals surface area contributed by atoms with E-state index in [1.54, 1.807) is 12.1 Å². The number of nitrogens with zero attached hydrogens (tertiary/aromatic N) is 1. The number of aryl methyl sites for hydroxylation is 1. The summed E-state index contributed by atoms with van der Waals surface area (Å²) < 4.78 is 35.1. The number of Topliss-reactive ketones (excluding diaryl/α,β-unsaturated/α-hetero) is 1. The maximum Gasteiger partial charge on any atom is 0.264 e. The van der Waals surface area contributed by atoms with E-state index in [1.807, 2.05) is 25.1 Å². The number of rotatable bonds is 6. The number of benzene rings is 1. The summed E-state index contributed by atoms with van der Waals surface area (Å²) in [7, 11) is -5.60. The normalized spacial score (nSPS) is 24.0. The van der Waals surface area contributed by atoms with Gasteiger partial charge in [-0.25, -0.2) is 8.42 Å². The van der Waals surface area contributed by atoms with Crippen molar-refractivity contribution in [1.82, 2.24) is 4.31 Å². The number of sulfonamides is 1. The highest BCUT2D eigenvalue weighted by molar-refractivity contribution is 7.89. The lowest BCUT2D eigenvalue weighted by Gasteiger charge is -2.36. The lowest BCUT2D eigenvalue weighted by Crippen LogP contribution is -2.41. The fraction of sp³-hybridized carbons (Fsp3) is 0.640. The van der Waals surface area contributed by atoms with Crippen LogP contribution in [0.4, 0.5) is 0 Å². The molecule has 2 aliphatic rings. The zero-order valence-electron chi connectivity index (χ0n) is 20.5. The lowest BCUT2D eigenvalue weighted by atomic mass is 9.78. The summed E-state index contributed by atoms with van der Waals surface area (Å²) in [6, 6.07) is 6.98. The van der Waals surface area contributed by atoms with E-state index in [9.17, 15) is 13.2 Å². The average Bonchev–Trinajstić information content (AvgIpc) is 2.76. The predicted octanol–water partition coefficient (Wildman–Crippen LogP) is 5.67. The third-order valence-corrected chi connectivity index (χ3v) is 13.8. The van der Waals surface area contributed by atoms with Crippen molar-refractivity contribution in [2.75, 3.05) is 13.2 Å². The first-order valence-corrected chi connectivity index (χ1v) is 16.2. The molecule has 1 aromatic carbocycles. The van der Waals surface area contributed by atoms with Crippen molar-refractivity contribution in [3.05, 3.63) is 41.6 Å². The maximum absolute atomic E-state index is 13.6. The smallest absolute Gasteiger partial charge is 0.264 e. The monoisotopic (exact) mass is 477 g/mol. The molecule has 2 bridgehead atoms. The van der Waals surface area contributed by atoms with Gasteiger partial charge in [0.15, 0.2) is 8.32 Å². The Morgan fingerprint density at radius 2 is 1.78 bits per heavy atom. The highest BCUT2D eigenvalue weighted by Crippen LogP contribution is 2.40. The maximum atomic E-state index is 13.6. The molecule has 5 nitrogen and oxygen atoms in total. The minimum Gasteiger partial charge on any atom is -0.417 e. The number of fused-ring (bicyclic) bond motifs is 2. The summed E-state index contributed by atoms with van der Waals surface area (Å²) in [6.45, 7) is 13.9. The molecule has 1 aromatic rings. The number of carbonyl (C=O) groups excluding carboxylic acids is 1. The summed E-state index contributed by atoms with van der Waals surface area (Å²) in [6.07, 6.45) is 5.74. The van der Waals surface area contributed by atoms with Crippen LogP contribution in [0.2, 0.25) is 18.1 Å². The van der Waals surface area contributed by atoms with Gasteiger partial charge in [0.1, 0.15) is 5.78 Å². The highest BCUT2D eigenvalue weighted by atomic mass is 32.2. The summed E-state index contributed by atoms with van der Waals surface area (Å²) in [4.78, 5) is 13.4. The SMILES string of the molecule is Cc1ccc(S(=O)(=O)N2CCC3CCCC(C3=O)/C2=C\CCO[Si](C)(C)C(C)(C)C)cc1. The van der Waals surface area contributed by atoms with Gasteiger partial charge in [0.25, 0.3) is 10.0 Å². The predicted molar refractivity (Wildman–Crippen MR) is 131 cm³/mol. The molecule has 2 atom stereocenters. The van der Waals surface area contributed by atoms with Crippen molar-refractivity contribution >= 4 is 24.1 Å². The molecule has 32 heavy (non-hydrogen) atoms. The molecule has 1 aliphatic heterocycles. The molecule has 0 amide bonds. The van der Waals surface area contributed by atoms with Gasteiger partial charge >= 0.3 is 0 Å². The Morgan fingerprint density at radius 1 is 1.12 bits per heavy atom. The van der Waals surface area contributed by atoms with E-state index < -0.39 is 18.3 Å². The molecule has 7 heteroatoms. The number of ketones is 1. The van der Waals surface area contributed by atoms with E-state index in [2.05, 4.69) is 33.9 Å². The first-order chi connectivity index (χ1) is 14.8. The first kappa shape index (κ1) is 25.2. The minimum atomic E-state index is -3.72. The number of hydrogen-bond acceptors (Lipinski definition) is 4. The van der Waals surface area contributed by atoms with Gasteiger partial charge in [0, 0.05) is 24.8 Å². The third kappa shape index (κ3) is 5.20. The fourth-order valence-electron chi connectivity index (χ4n) is 4.37. The molecule has 0 aromatic heterocycles. The van der Waals surface area contributed by atoms with E-state index in [1.165, 1.54) is 4.31 Å². The van der Waals surface area contributed by atoms with E-state index in [0.717, 1.165) is 24.8 Å². The van der Waals surface area contributed by atoms with Crippen LogP contribution in [-0.4, -0.2) is 40.0 Å². The second-order valence-electron chi connectivity index (χ2n) is 10.8. The van der Waals surface area contributed by atoms with Crippen LogP contribution in [0.5, 0.6) is 0 Å². The number of hydrogen-bond donors (Lipinski definition) is 0. The quantitative estimate of drug-likeness (QED) is 0.391. The Kier molecular flexibility index (Phi) is 7.42. The molecule has 1 saturated heterocycles. The molecule has 0 spiro atoms. The Bertz CT molecular complexity index is 961. The van der Waals surface area contributed by atoms with Gasteiger partial charge in [0.05, 0.1) is 10.8 Å². The molecular weight excluding hydrogens is 438 g/mol. The van der Waals surface area contributed by atoms with Crippen LogP contribution in [0.15, 0.2) is 40.9 Å². The van der Waals surface area contributed by atoms with Crippen LogP contribution in [-0.2, 0) is 19.2 Å². The van der Waals surface area contributed by atoms with Crippen LogP contribution in [0.25, 0.3) is 0 Å². The van der Waals surface area contributed by atoms with Gasteiger partial charge in [-0.15, -0.1) is 0 Å². The standard InChI is InChI=1S/C25H39NO4SSi/c1-19-12-14-21(15-13-19)31(28,29)26-17-16-20-9-7-10-22(24(20)27)23(26)11-8-18-30-32(5,6)25(2,3)4/h11-15,20,22H,7-10,16-18H2,1-6H3/b23-11+. The van der Waals surface area contributed by atoms with Gasteiger partial charge in [-0.3, -0.25) is 9.10 Å². The minimum absolute atomic E-state index is 0.0288. The topological polar surface area (TPSA) is 63.7 Å². The average molecular weight is 478 g/mol. The van der Waals surface area contributed by atoms with Crippen molar-refractivity contribution < 1.29 is 17.6 Å². The molecule has 1 saturated carbocycles. The highest BCUT2D eigenvalue weighted by Gasteiger charge is 2.42. The van der Waals surface area contributed by atoms with Gasteiger partial charge in [0.2, 0.25) is 0 Å². The molecule has 1 heterocycles. The van der Waals surface area contributed by atoms with Crippen LogP contribution < -0.4 is 0 Å². The molecule has 2 unspecified atom stereocenters. The Hall–Kier alpha value is -1.44. The van der Waals surface area contributed by atoms with Crippen LogP contribution in [0.3, 0.4) is 0 Å². The molecular formula is C25H39NO4SSi. The summed E-state index contributed by atoms with van der Waals surface area (Å²) >= 11 is 0. The zero-order chi connectivity index (χ0) is 23.7. The summed E-state index contributed by atoms with van der Waals surface area (Å²) in [5, 5.41) is 0.121. The van der Waals surface area contributed by atoms with Gasteiger partial charge < -0.3 is 4.43 Å². The Labute approximate surface area is 195 Å². The number of allylic oxidation sites excluding steroid dienone is 1. The molecule has 3 rings (SSSR count).